The van der Waals surface area contributed by atoms with Crippen LogP contribution in [0, 0.1) is 13.8 Å². The number of fused-ring (bicyclic) bond motifs is 2. The second kappa shape index (κ2) is 5.86. The van der Waals surface area contributed by atoms with E-state index in [4.69, 9.17) is 0 Å². The molecular weight excluding hydrogens is 344 g/mol. The first-order chi connectivity index (χ1) is 11.3. The van der Waals surface area contributed by atoms with Crippen LogP contribution in [-0.4, -0.2) is 34.3 Å². The van der Waals surface area contributed by atoms with Gasteiger partial charge in [0, 0.05) is 20.9 Å². The SMILES string of the molecule is CSc1cc2c(cc1SC)C(=O)c1c(O)c(C)c(C)c(O)c1C2=O. The predicted octanol–water partition coefficient (Wildman–Crippen LogP) is 3.93. The first kappa shape index (κ1) is 16.9. The van der Waals surface area contributed by atoms with Gasteiger partial charge < -0.3 is 10.2 Å². The van der Waals surface area contributed by atoms with Crippen molar-refractivity contribution in [3.63, 3.8) is 0 Å². The highest BCUT2D eigenvalue weighted by Crippen LogP contribution is 2.44. The number of hydrogen-bond donors (Lipinski definition) is 2. The number of aromatic hydroxyl groups is 2. The number of benzene rings is 2. The van der Waals surface area contributed by atoms with Crippen molar-refractivity contribution in [3.05, 3.63) is 45.5 Å². The third-order valence-electron chi connectivity index (χ3n) is 4.46. The summed E-state index contributed by atoms with van der Waals surface area (Å²) in [7, 11) is 0. The lowest BCUT2D eigenvalue weighted by Gasteiger charge is -2.23. The Morgan fingerprint density at radius 1 is 0.750 bits per heavy atom. The first-order valence-corrected chi connectivity index (χ1v) is 9.68. The van der Waals surface area contributed by atoms with Gasteiger partial charge in [-0.3, -0.25) is 9.59 Å². The molecule has 3 rings (SSSR count). The molecule has 2 aromatic carbocycles. The third kappa shape index (κ3) is 2.17. The van der Waals surface area contributed by atoms with Gasteiger partial charge in [-0.15, -0.1) is 23.5 Å². The summed E-state index contributed by atoms with van der Waals surface area (Å²) in [5.74, 6) is -1.33. The normalized spacial score (nSPS) is 13.0. The number of carbonyl (C=O) groups is 2. The van der Waals surface area contributed by atoms with Gasteiger partial charge in [-0.05, 0) is 49.6 Å². The maximum atomic E-state index is 12.9. The van der Waals surface area contributed by atoms with Crippen molar-refractivity contribution < 1.29 is 19.8 Å². The first-order valence-electron chi connectivity index (χ1n) is 7.23. The smallest absolute Gasteiger partial charge is 0.198 e. The molecule has 0 aliphatic heterocycles. The Hall–Kier alpha value is -1.92. The Morgan fingerprint density at radius 2 is 1.08 bits per heavy atom. The summed E-state index contributed by atoms with van der Waals surface area (Å²) in [5, 5.41) is 20.8. The Balaban J connectivity index is 2.39. The van der Waals surface area contributed by atoms with Gasteiger partial charge in [0.25, 0.3) is 0 Å². The zero-order valence-electron chi connectivity index (χ0n) is 13.7. The van der Waals surface area contributed by atoms with Gasteiger partial charge in [0.05, 0.1) is 11.1 Å². The van der Waals surface area contributed by atoms with Crippen LogP contribution < -0.4 is 0 Å². The largest absolute Gasteiger partial charge is 0.507 e. The minimum Gasteiger partial charge on any atom is -0.507 e. The number of thioether (sulfide) groups is 2. The van der Waals surface area contributed by atoms with E-state index in [2.05, 4.69) is 0 Å². The van der Waals surface area contributed by atoms with Crippen LogP contribution >= 0.6 is 23.5 Å². The molecule has 0 bridgehead atoms. The molecule has 0 atom stereocenters. The monoisotopic (exact) mass is 360 g/mol. The van der Waals surface area contributed by atoms with Crippen LogP contribution in [0.1, 0.15) is 43.0 Å². The molecule has 0 saturated heterocycles. The summed E-state index contributed by atoms with van der Waals surface area (Å²) in [6.45, 7) is 3.23. The van der Waals surface area contributed by atoms with Gasteiger partial charge in [-0.2, -0.15) is 0 Å². The van der Waals surface area contributed by atoms with Crippen molar-refractivity contribution in [1.82, 2.24) is 0 Å². The average Bonchev–Trinajstić information content (AvgIpc) is 2.59. The average molecular weight is 360 g/mol. The van der Waals surface area contributed by atoms with Gasteiger partial charge in [-0.25, -0.2) is 0 Å². The van der Waals surface area contributed by atoms with Gasteiger partial charge in [-0.1, -0.05) is 0 Å². The fourth-order valence-corrected chi connectivity index (χ4v) is 4.42. The zero-order chi connectivity index (χ0) is 17.8. The lowest BCUT2D eigenvalue weighted by molar-refractivity contribution is 0.0973. The van der Waals surface area contributed by atoms with Crippen LogP contribution in [0.25, 0.3) is 0 Å². The van der Waals surface area contributed by atoms with E-state index in [1.807, 2.05) is 12.5 Å². The van der Waals surface area contributed by atoms with E-state index in [0.29, 0.717) is 11.1 Å². The molecule has 24 heavy (non-hydrogen) atoms. The Morgan fingerprint density at radius 3 is 1.38 bits per heavy atom. The fourth-order valence-electron chi connectivity index (χ4n) is 2.93. The van der Waals surface area contributed by atoms with Crippen molar-refractivity contribution in [2.24, 2.45) is 0 Å². The minimum atomic E-state index is -0.432. The molecule has 0 fully saturated rings. The summed E-state index contributed by atoms with van der Waals surface area (Å²) in [6, 6.07) is 3.39. The summed E-state index contributed by atoms with van der Waals surface area (Å²) in [5.41, 5.74) is 1.15. The zero-order valence-corrected chi connectivity index (χ0v) is 15.3. The van der Waals surface area contributed by atoms with Crippen molar-refractivity contribution >= 4 is 35.1 Å². The van der Waals surface area contributed by atoms with Crippen molar-refractivity contribution in [3.8, 4) is 11.5 Å². The van der Waals surface area contributed by atoms with Crippen LogP contribution in [0.4, 0.5) is 0 Å². The molecule has 0 radical (unpaired) electrons. The quantitative estimate of drug-likeness (QED) is 0.533. The van der Waals surface area contributed by atoms with Crippen molar-refractivity contribution in [1.29, 1.82) is 0 Å². The fraction of sp³-hybridized carbons (Fsp3) is 0.222. The van der Waals surface area contributed by atoms with E-state index in [1.54, 1.807) is 26.0 Å². The van der Waals surface area contributed by atoms with E-state index in [9.17, 15) is 19.8 Å². The molecule has 1 aliphatic rings. The highest BCUT2D eigenvalue weighted by Gasteiger charge is 2.37. The second-order valence-corrected chi connectivity index (χ2v) is 7.30. The number of rotatable bonds is 2. The molecule has 0 unspecified atom stereocenters. The van der Waals surface area contributed by atoms with Crippen LogP contribution in [0.2, 0.25) is 0 Å². The molecule has 124 valence electrons. The topological polar surface area (TPSA) is 74.6 Å². The van der Waals surface area contributed by atoms with Crippen molar-refractivity contribution in [2.45, 2.75) is 23.6 Å². The van der Waals surface area contributed by atoms with E-state index in [-0.39, 0.29) is 33.8 Å². The highest BCUT2D eigenvalue weighted by molar-refractivity contribution is 8.01. The molecule has 0 aromatic heterocycles. The van der Waals surface area contributed by atoms with Crippen LogP contribution in [-0.2, 0) is 0 Å². The number of phenolic OH excluding ortho intramolecular Hbond substituents is 2. The van der Waals surface area contributed by atoms with Crippen LogP contribution in [0.5, 0.6) is 11.5 Å². The highest BCUT2D eigenvalue weighted by atomic mass is 32.2. The number of hydrogen-bond acceptors (Lipinski definition) is 6. The molecule has 2 N–H and O–H groups in total. The maximum absolute atomic E-state index is 12.9. The maximum Gasteiger partial charge on any atom is 0.198 e. The molecular formula is C18H16O4S2. The molecule has 2 aromatic rings. The van der Waals surface area contributed by atoms with E-state index < -0.39 is 11.6 Å². The van der Waals surface area contributed by atoms with E-state index >= 15 is 0 Å². The molecule has 4 nitrogen and oxygen atoms in total. The summed E-state index contributed by atoms with van der Waals surface area (Å²) in [4.78, 5) is 27.6. The van der Waals surface area contributed by atoms with Gasteiger partial charge >= 0.3 is 0 Å². The summed E-state index contributed by atoms with van der Waals surface area (Å²) >= 11 is 2.99. The lowest BCUT2D eigenvalue weighted by Crippen LogP contribution is -2.22. The molecule has 0 heterocycles. The molecule has 0 amide bonds. The third-order valence-corrected chi connectivity index (χ3v) is 6.15. The lowest BCUT2D eigenvalue weighted by atomic mass is 9.81. The van der Waals surface area contributed by atoms with E-state index in [0.717, 1.165) is 9.79 Å². The molecule has 1 aliphatic carbocycles. The number of ketones is 2. The molecule has 0 spiro atoms. The van der Waals surface area contributed by atoms with Crippen LogP contribution in [0.15, 0.2) is 21.9 Å². The Labute approximate surface area is 148 Å². The van der Waals surface area contributed by atoms with Crippen LogP contribution in [0.3, 0.4) is 0 Å². The Kier molecular flexibility index (Phi) is 4.13. The molecule has 0 saturated carbocycles. The Bertz CT molecular complexity index is 842. The number of carbonyl (C=O) groups excluding carboxylic acids is 2. The minimum absolute atomic E-state index is 0.0999. The summed E-state index contributed by atoms with van der Waals surface area (Å²) in [6.07, 6.45) is 3.81. The second-order valence-electron chi connectivity index (χ2n) is 5.61. The molecule has 6 heteroatoms. The van der Waals surface area contributed by atoms with Gasteiger partial charge in [0.1, 0.15) is 11.5 Å². The van der Waals surface area contributed by atoms with Crippen molar-refractivity contribution in [2.75, 3.05) is 12.5 Å². The van der Waals surface area contributed by atoms with Gasteiger partial charge in [0.15, 0.2) is 11.6 Å². The predicted molar refractivity (Wildman–Crippen MR) is 96.1 cm³/mol. The number of phenols is 2. The standard InChI is InChI=1S/C18H16O4S2/c1-7-8(2)16(20)14-13(15(7)19)17(21)9-5-11(23-3)12(24-4)6-10(9)18(14)22/h5-6,19-20H,1-4H3. The summed E-state index contributed by atoms with van der Waals surface area (Å²) < 4.78 is 0. The van der Waals surface area contributed by atoms with E-state index in [1.165, 1.54) is 23.5 Å². The van der Waals surface area contributed by atoms with Gasteiger partial charge in [0.2, 0.25) is 0 Å².